The zero-order chi connectivity index (χ0) is 20.9. The average molecular weight is 396 g/mol. The molecule has 0 spiro atoms. The number of carbonyl (C=O) groups is 2. The van der Waals surface area contributed by atoms with Crippen LogP contribution in [-0.4, -0.2) is 52.5 Å². The highest BCUT2D eigenvalue weighted by Crippen LogP contribution is 2.39. The molecule has 1 saturated carbocycles. The quantitative estimate of drug-likeness (QED) is 0.762. The number of aromatic nitrogens is 1. The number of likely N-dealkylation sites (N-methyl/N-ethyl adjacent to an activating group) is 1. The highest BCUT2D eigenvalue weighted by Gasteiger charge is 2.40. The number of pyridine rings is 1. The molecule has 3 rings (SSSR count). The Bertz CT molecular complexity index is 828. The Balaban J connectivity index is 1.83. The first-order valence-electron chi connectivity index (χ1n) is 10.1. The Morgan fingerprint density at radius 1 is 1.14 bits per heavy atom. The van der Waals surface area contributed by atoms with E-state index in [-0.39, 0.29) is 23.3 Å². The van der Waals surface area contributed by atoms with Crippen LogP contribution in [0.5, 0.6) is 0 Å². The molecule has 0 saturated heterocycles. The number of nitrogens with zero attached hydrogens (tertiary/aromatic N) is 2. The van der Waals surface area contributed by atoms with Gasteiger partial charge in [0.1, 0.15) is 0 Å². The van der Waals surface area contributed by atoms with Gasteiger partial charge in [-0.1, -0.05) is 30.3 Å². The van der Waals surface area contributed by atoms with E-state index in [2.05, 4.69) is 22.4 Å². The van der Waals surface area contributed by atoms with Crippen molar-refractivity contribution < 1.29 is 14.7 Å². The molecule has 1 aliphatic carbocycles. The molecular weight excluding hydrogens is 366 g/mol. The van der Waals surface area contributed by atoms with Gasteiger partial charge >= 0.3 is 0 Å². The first kappa shape index (κ1) is 21.0. The number of benzene rings is 1. The van der Waals surface area contributed by atoms with Crippen LogP contribution in [0.1, 0.15) is 48.5 Å². The van der Waals surface area contributed by atoms with Crippen molar-refractivity contribution >= 4 is 11.8 Å². The third-order valence-electron chi connectivity index (χ3n) is 6.09. The first-order valence-corrected chi connectivity index (χ1v) is 10.1. The van der Waals surface area contributed by atoms with Crippen LogP contribution in [0.4, 0.5) is 0 Å². The highest BCUT2D eigenvalue weighted by molar-refractivity contribution is 5.94. The average Bonchev–Trinajstić information content (AvgIpc) is 2.92. The minimum Gasteiger partial charge on any atom is -0.391 e. The third kappa shape index (κ3) is 4.82. The van der Waals surface area contributed by atoms with Gasteiger partial charge in [-0.3, -0.25) is 14.6 Å². The number of aliphatic hydroxyl groups excluding tert-OH is 1. The molecule has 1 fully saturated rings. The van der Waals surface area contributed by atoms with Gasteiger partial charge in [0.15, 0.2) is 0 Å². The standard InChI is InChI=1S/C23H29N3O3/c1-17(27)25-16-23(19-6-4-3-5-7-19)12-8-20(21(28)9-13-23)26(2)22(29)18-10-14-24-15-11-18/h3-7,10-11,14-15,20-21,28H,8-9,12-13,16H2,1-2H3,(H,25,27)/t20-,21-,23-/m1/s1. The van der Waals surface area contributed by atoms with Crippen molar-refractivity contribution in [1.29, 1.82) is 0 Å². The lowest BCUT2D eigenvalue weighted by atomic mass is 9.74. The lowest BCUT2D eigenvalue weighted by Crippen LogP contribution is -2.44. The smallest absolute Gasteiger partial charge is 0.254 e. The number of amides is 2. The van der Waals surface area contributed by atoms with E-state index >= 15 is 0 Å². The van der Waals surface area contributed by atoms with Gasteiger partial charge < -0.3 is 15.3 Å². The van der Waals surface area contributed by atoms with E-state index in [1.165, 1.54) is 6.92 Å². The second-order valence-electron chi connectivity index (χ2n) is 7.92. The van der Waals surface area contributed by atoms with Gasteiger partial charge in [-0.15, -0.1) is 0 Å². The lowest BCUT2D eigenvalue weighted by molar-refractivity contribution is -0.119. The molecule has 0 unspecified atom stereocenters. The molecule has 2 N–H and O–H groups in total. The minimum absolute atomic E-state index is 0.0633. The maximum Gasteiger partial charge on any atom is 0.254 e. The normalized spacial score (nSPS) is 24.4. The molecular formula is C23H29N3O3. The summed E-state index contributed by atoms with van der Waals surface area (Å²) in [5, 5.41) is 13.9. The number of hydrogen-bond acceptors (Lipinski definition) is 4. The summed E-state index contributed by atoms with van der Waals surface area (Å²) in [6, 6.07) is 13.2. The van der Waals surface area contributed by atoms with Crippen LogP contribution in [0.25, 0.3) is 0 Å². The molecule has 154 valence electrons. The van der Waals surface area contributed by atoms with E-state index in [4.69, 9.17) is 0 Å². The Morgan fingerprint density at radius 2 is 1.79 bits per heavy atom. The summed E-state index contributed by atoms with van der Waals surface area (Å²) in [6.45, 7) is 2.04. The zero-order valence-corrected chi connectivity index (χ0v) is 17.0. The molecule has 0 radical (unpaired) electrons. The van der Waals surface area contributed by atoms with Crippen molar-refractivity contribution in [3.05, 3.63) is 66.0 Å². The Hall–Kier alpha value is -2.73. The van der Waals surface area contributed by atoms with E-state index in [0.717, 1.165) is 18.4 Å². The van der Waals surface area contributed by atoms with Crippen molar-refractivity contribution in [3.63, 3.8) is 0 Å². The van der Waals surface area contributed by atoms with E-state index in [0.29, 0.717) is 24.9 Å². The predicted molar refractivity (Wildman–Crippen MR) is 111 cm³/mol. The SMILES string of the molecule is CC(=O)NC[C@]1(c2ccccc2)CC[C@@H](O)[C@H](N(C)C(=O)c2ccncc2)CC1. The molecule has 29 heavy (non-hydrogen) atoms. The largest absolute Gasteiger partial charge is 0.391 e. The number of nitrogens with one attached hydrogen (secondary N) is 1. The summed E-state index contributed by atoms with van der Waals surface area (Å²) in [7, 11) is 1.75. The molecule has 6 nitrogen and oxygen atoms in total. The number of carbonyl (C=O) groups excluding carboxylic acids is 2. The summed E-state index contributed by atoms with van der Waals surface area (Å²) in [5.41, 5.74) is 1.46. The minimum atomic E-state index is -0.617. The summed E-state index contributed by atoms with van der Waals surface area (Å²) < 4.78 is 0. The molecule has 0 bridgehead atoms. The zero-order valence-electron chi connectivity index (χ0n) is 17.0. The third-order valence-corrected chi connectivity index (χ3v) is 6.09. The van der Waals surface area contributed by atoms with Crippen molar-refractivity contribution in [1.82, 2.24) is 15.2 Å². The topological polar surface area (TPSA) is 82.5 Å². The van der Waals surface area contributed by atoms with Crippen LogP contribution >= 0.6 is 0 Å². The van der Waals surface area contributed by atoms with Crippen LogP contribution in [0.15, 0.2) is 54.9 Å². The van der Waals surface area contributed by atoms with Crippen LogP contribution in [0.2, 0.25) is 0 Å². The van der Waals surface area contributed by atoms with E-state index in [1.807, 2.05) is 18.2 Å². The first-order chi connectivity index (χ1) is 13.9. The van der Waals surface area contributed by atoms with E-state index in [1.54, 1.807) is 36.5 Å². The molecule has 0 aliphatic heterocycles. The second kappa shape index (κ2) is 9.18. The molecule has 1 heterocycles. The van der Waals surface area contributed by atoms with Crippen molar-refractivity contribution in [2.24, 2.45) is 0 Å². The van der Waals surface area contributed by atoms with Crippen LogP contribution in [-0.2, 0) is 10.2 Å². The van der Waals surface area contributed by atoms with Gasteiger partial charge in [-0.25, -0.2) is 0 Å². The van der Waals surface area contributed by atoms with Crippen molar-refractivity contribution in [2.75, 3.05) is 13.6 Å². The maximum atomic E-state index is 12.9. The van der Waals surface area contributed by atoms with Gasteiger partial charge in [0.2, 0.25) is 5.91 Å². The summed E-state index contributed by atoms with van der Waals surface area (Å²) in [4.78, 5) is 30.1. The number of hydrogen-bond donors (Lipinski definition) is 2. The fraction of sp³-hybridized carbons (Fsp3) is 0.435. The lowest BCUT2D eigenvalue weighted by Gasteiger charge is -2.34. The van der Waals surface area contributed by atoms with Gasteiger partial charge in [0, 0.05) is 43.9 Å². The van der Waals surface area contributed by atoms with Crippen LogP contribution < -0.4 is 5.32 Å². The molecule has 1 aromatic heterocycles. The Kier molecular flexibility index (Phi) is 6.64. The Morgan fingerprint density at radius 3 is 2.45 bits per heavy atom. The predicted octanol–water partition coefficient (Wildman–Crippen LogP) is 2.53. The van der Waals surface area contributed by atoms with E-state index < -0.39 is 6.10 Å². The van der Waals surface area contributed by atoms with Crippen molar-refractivity contribution in [2.45, 2.75) is 50.2 Å². The molecule has 1 aromatic carbocycles. The van der Waals surface area contributed by atoms with Gasteiger partial charge in [0.05, 0.1) is 12.1 Å². The van der Waals surface area contributed by atoms with Crippen LogP contribution in [0, 0.1) is 0 Å². The number of rotatable bonds is 5. The fourth-order valence-corrected chi connectivity index (χ4v) is 4.31. The van der Waals surface area contributed by atoms with Crippen molar-refractivity contribution in [3.8, 4) is 0 Å². The monoisotopic (exact) mass is 395 g/mol. The van der Waals surface area contributed by atoms with Gasteiger partial charge in [-0.2, -0.15) is 0 Å². The fourth-order valence-electron chi connectivity index (χ4n) is 4.31. The molecule has 3 atom stereocenters. The summed E-state index contributed by atoms with van der Waals surface area (Å²) >= 11 is 0. The van der Waals surface area contributed by atoms with Gasteiger partial charge in [0.25, 0.3) is 5.91 Å². The summed E-state index contributed by atoms with van der Waals surface area (Å²) in [5.74, 6) is -0.183. The molecule has 2 aromatic rings. The van der Waals surface area contributed by atoms with Gasteiger partial charge in [-0.05, 0) is 43.4 Å². The molecule has 1 aliphatic rings. The molecule has 2 amide bonds. The van der Waals surface area contributed by atoms with Crippen LogP contribution in [0.3, 0.4) is 0 Å². The second-order valence-corrected chi connectivity index (χ2v) is 7.92. The molecule has 6 heteroatoms. The van der Waals surface area contributed by atoms with E-state index in [9.17, 15) is 14.7 Å². The highest BCUT2D eigenvalue weighted by atomic mass is 16.3. The summed E-state index contributed by atoms with van der Waals surface area (Å²) in [6.07, 6.45) is 5.31. The Labute approximate surface area is 172 Å². The number of aliphatic hydroxyl groups is 1. The maximum absolute atomic E-state index is 12.9.